The molecule has 154 valence electrons. The smallest absolute Gasteiger partial charge is 0.235 e. The van der Waals surface area contributed by atoms with Crippen molar-refractivity contribution >= 4 is 34.1 Å². The van der Waals surface area contributed by atoms with Gasteiger partial charge < -0.3 is 15.4 Å². The molecule has 3 heterocycles. The molecule has 2 aromatic heterocycles. The summed E-state index contributed by atoms with van der Waals surface area (Å²) in [6.45, 7) is 1.82. The molecule has 2 aromatic carbocycles. The number of benzene rings is 2. The van der Waals surface area contributed by atoms with Crippen molar-refractivity contribution in [3.63, 3.8) is 0 Å². The number of ether oxygens (including phenoxy) is 1. The van der Waals surface area contributed by atoms with Gasteiger partial charge >= 0.3 is 0 Å². The summed E-state index contributed by atoms with van der Waals surface area (Å²) < 4.78 is 5.35. The maximum absolute atomic E-state index is 12.8. The molecule has 1 spiro atoms. The quantitative estimate of drug-likeness (QED) is 0.471. The molecular formula is C23H20N6O2. The van der Waals surface area contributed by atoms with Crippen LogP contribution in [0.4, 0.5) is 17.3 Å². The van der Waals surface area contributed by atoms with Gasteiger partial charge in [-0.05, 0) is 42.7 Å². The average Bonchev–Trinajstić information content (AvgIpc) is 3.32. The summed E-state index contributed by atoms with van der Waals surface area (Å²) in [5, 5.41) is 14.7. The third-order valence-corrected chi connectivity index (χ3v) is 6.34. The van der Waals surface area contributed by atoms with Crippen LogP contribution in [0.3, 0.4) is 0 Å². The number of carbonyl (C=O) groups is 1. The third-order valence-electron chi connectivity index (χ3n) is 6.34. The lowest BCUT2D eigenvalue weighted by Crippen LogP contribution is -2.20. The van der Waals surface area contributed by atoms with E-state index in [0.717, 1.165) is 34.1 Å². The molecule has 1 fully saturated rings. The van der Waals surface area contributed by atoms with E-state index in [4.69, 9.17) is 4.74 Å². The first-order valence-electron chi connectivity index (χ1n) is 10.1. The van der Waals surface area contributed by atoms with Gasteiger partial charge in [-0.3, -0.25) is 9.89 Å². The van der Waals surface area contributed by atoms with Crippen molar-refractivity contribution in [2.45, 2.75) is 24.7 Å². The number of nitrogens with zero attached hydrogens (tertiary/aromatic N) is 3. The second-order valence-corrected chi connectivity index (χ2v) is 8.06. The number of rotatable bonds is 4. The molecule has 2 aliphatic rings. The van der Waals surface area contributed by atoms with Crippen molar-refractivity contribution in [3.8, 4) is 5.75 Å². The van der Waals surface area contributed by atoms with Gasteiger partial charge in [0.05, 0.1) is 24.2 Å². The molecule has 8 nitrogen and oxygen atoms in total. The molecule has 2 atom stereocenters. The molecule has 6 rings (SSSR count). The Labute approximate surface area is 178 Å². The average molecular weight is 412 g/mol. The standard InChI is InChI=1S/C23H20N6O2/c1-12-24-11-19(31-2)21(25-12)27-20-14-8-7-13(9-18(14)28-29-20)16-10-23(16)15-5-3-4-6-17(15)26-22(23)30/h3-9,11,16H,10H2,1-2H3,(H,26,30)(H2,24,25,27,28,29)/t16-,23-/m0/s1. The summed E-state index contributed by atoms with van der Waals surface area (Å²) >= 11 is 0. The van der Waals surface area contributed by atoms with Gasteiger partial charge in [0.2, 0.25) is 5.91 Å². The van der Waals surface area contributed by atoms with Crippen LogP contribution in [0.5, 0.6) is 5.75 Å². The van der Waals surface area contributed by atoms with Crippen LogP contribution in [-0.2, 0) is 10.2 Å². The Balaban J connectivity index is 1.33. The van der Waals surface area contributed by atoms with Crippen molar-refractivity contribution in [2.75, 3.05) is 17.7 Å². The fourth-order valence-corrected chi connectivity index (χ4v) is 4.71. The predicted molar refractivity (Wildman–Crippen MR) is 117 cm³/mol. The van der Waals surface area contributed by atoms with E-state index in [2.05, 4.69) is 49.0 Å². The molecule has 1 amide bonds. The summed E-state index contributed by atoms with van der Waals surface area (Å²) in [5.41, 5.74) is 3.61. The molecule has 0 radical (unpaired) electrons. The number of aryl methyl sites for hydroxylation is 1. The summed E-state index contributed by atoms with van der Waals surface area (Å²) in [5.74, 6) is 2.66. The number of hydrogen-bond acceptors (Lipinski definition) is 6. The number of H-pyrrole nitrogens is 1. The van der Waals surface area contributed by atoms with E-state index in [0.29, 0.717) is 23.2 Å². The van der Waals surface area contributed by atoms with Crippen LogP contribution in [0, 0.1) is 6.92 Å². The first-order chi connectivity index (χ1) is 15.1. The Kier molecular flexibility index (Phi) is 3.62. The van der Waals surface area contributed by atoms with Gasteiger partial charge in [0.1, 0.15) is 5.82 Å². The minimum Gasteiger partial charge on any atom is -0.491 e. The Bertz CT molecular complexity index is 1360. The minimum absolute atomic E-state index is 0.0944. The monoisotopic (exact) mass is 412 g/mol. The number of para-hydroxylation sites is 1. The normalized spacial score (nSPS) is 21.2. The number of aromatic amines is 1. The first-order valence-corrected chi connectivity index (χ1v) is 10.1. The Morgan fingerprint density at radius 2 is 2.06 bits per heavy atom. The van der Waals surface area contributed by atoms with E-state index >= 15 is 0 Å². The number of hydrogen-bond donors (Lipinski definition) is 3. The fraction of sp³-hybridized carbons (Fsp3) is 0.217. The zero-order valence-electron chi connectivity index (χ0n) is 17.1. The zero-order chi connectivity index (χ0) is 21.2. The highest BCUT2D eigenvalue weighted by Gasteiger charge is 2.65. The molecule has 0 saturated heterocycles. The Morgan fingerprint density at radius 1 is 1.19 bits per heavy atom. The summed E-state index contributed by atoms with van der Waals surface area (Å²) in [4.78, 5) is 21.4. The van der Waals surface area contributed by atoms with Crippen LogP contribution in [-0.4, -0.2) is 33.2 Å². The van der Waals surface area contributed by atoms with Gasteiger partial charge in [0.15, 0.2) is 17.4 Å². The maximum atomic E-state index is 12.8. The molecule has 3 N–H and O–H groups in total. The first kappa shape index (κ1) is 17.9. The minimum atomic E-state index is -0.447. The number of amides is 1. The van der Waals surface area contributed by atoms with Crippen molar-refractivity contribution in [1.82, 2.24) is 20.2 Å². The highest BCUT2D eigenvalue weighted by molar-refractivity contribution is 6.10. The number of aromatic nitrogens is 4. The number of methoxy groups -OCH3 is 1. The molecule has 0 unspecified atom stereocenters. The second kappa shape index (κ2) is 6.28. The Morgan fingerprint density at radius 3 is 2.94 bits per heavy atom. The summed E-state index contributed by atoms with van der Waals surface area (Å²) in [6, 6.07) is 14.2. The molecule has 1 aliphatic heterocycles. The lowest BCUT2D eigenvalue weighted by atomic mass is 9.92. The highest BCUT2D eigenvalue weighted by Crippen LogP contribution is 2.65. The summed E-state index contributed by atoms with van der Waals surface area (Å²) in [7, 11) is 1.58. The number of anilines is 3. The largest absolute Gasteiger partial charge is 0.491 e. The lowest BCUT2D eigenvalue weighted by Gasteiger charge is -2.10. The van der Waals surface area contributed by atoms with E-state index in [1.54, 1.807) is 13.3 Å². The zero-order valence-corrected chi connectivity index (χ0v) is 17.1. The van der Waals surface area contributed by atoms with Crippen LogP contribution in [0.2, 0.25) is 0 Å². The number of nitrogens with one attached hydrogen (secondary N) is 3. The molecule has 1 saturated carbocycles. The molecular weight excluding hydrogens is 392 g/mol. The SMILES string of the molecule is COc1cnc(C)nc1Nc1n[nH]c2cc([C@@H]3C[C@@]34C(=O)Nc3ccccc34)ccc12. The van der Waals surface area contributed by atoms with Crippen LogP contribution in [0.1, 0.15) is 29.3 Å². The third kappa shape index (κ3) is 2.54. The van der Waals surface area contributed by atoms with Crippen molar-refractivity contribution in [1.29, 1.82) is 0 Å². The summed E-state index contributed by atoms with van der Waals surface area (Å²) in [6.07, 6.45) is 2.45. The van der Waals surface area contributed by atoms with Crippen LogP contribution < -0.4 is 15.4 Å². The van der Waals surface area contributed by atoms with Crippen molar-refractivity contribution in [2.24, 2.45) is 0 Å². The van der Waals surface area contributed by atoms with E-state index in [-0.39, 0.29) is 11.8 Å². The van der Waals surface area contributed by atoms with Gasteiger partial charge in [-0.2, -0.15) is 5.10 Å². The van der Waals surface area contributed by atoms with E-state index in [1.807, 2.05) is 31.2 Å². The fourth-order valence-electron chi connectivity index (χ4n) is 4.71. The molecule has 0 bridgehead atoms. The van der Waals surface area contributed by atoms with Gasteiger partial charge in [0, 0.05) is 17.0 Å². The van der Waals surface area contributed by atoms with Crippen molar-refractivity contribution < 1.29 is 9.53 Å². The molecule has 4 aromatic rings. The molecule has 31 heavy (non-hydrogen) atoms. The van der Waals surface area contributed by atoms with E-state index in [1.165, 1.54) is 0 Å². The van der Waals surface area contributed by atoms with Crippen molar-refractivity contribution in [3.05, 3.63) is 65.6 Å². The van der Waals surface area contributed by atoms with Crippen LogP contribution >= 0.6 is 0 Å². The molecule has 8 heteroatoms. The van der Waals surface area contributed by atoms with E-state index < -0.39 is 5.41 Å². The van der Waals surface area contributed by atoms with Gasteiger partial charge in [0.25, 0.3) is 0 Å². The van der Waals surface area contributed by atoms with Gasteiger partial charge in [-0.1, -0.05) is 24.3 Å². The second-order valence-electron chi connectivity index (χ2n) is 8.06. The molecule has 1 aliphatic carbocycles. The maximum Gasteiger partial charge on any atom is 0.235 e. The topological polar surface area (TPSA) is 105 Å². The number of fused-ring (bicyclic) bond motifs is 3. The van der Waals surface area contributed by atoms with Gasteiger partial charge in [-0.25, -0.2) is 9.97 Å². The van der Waals surface area contributed by atoms with E-state index in [9.17, 15) is 4.79 Å². The lowest BCUT2D eigenvalue weighted by molar-refractivity contribution is -0.118. The number of carbonyl (C=O) groups excluding carboxylic acids is 1. The predicted octanol–water partition coefficient (Wildman–Crippen LogP) is 3.79. The van der Waals surface area contributed by atoms with Crippen LogP contribution in [0.25, 0.3) is 10.9 Å². The Hall–Kier alpha value is -3.94. The highest BCUT2D eigenvalue weighted by atomic mass is 16.5. The van der Waals surface area contributed by atoms with Gasteiger partial charge in [-0.15, -0.1) is 0 Å². The van der Waals surface area contributed by atoms with Crippen LogP contribution in [0.15, 0.2) is 48.7 Å².